The van der Waals surface area contributed by atoms with Gasteiger partial charge >= 0.3 is 5.97 Å². The molecule has 1 aromatic carbocycles. The van der Waals surface area contributed by atoms with Crippen LogP contribution in [0.3, 0.4) is 0 Å². The zero-order valence-electron chi connectivity index (χ0n) is 10.9. The Kier molecular flexibility index (Phi) is 5.31. The third-order valence-electron chi connectivity index (χ3n) is 3.26. The van der Waals surface area contributed by atoms with E-state index in [0.29, 0.717) is 17.3 Å². The summed E-state index contributed by atoms with van der Waals surface area (Å²) >= 11 is 7.75. The number of carbonyl (C=O) groups excluding carboxylic acids is 1. The minimum atomic E-state index is -0.868. The number of aliphatic carboxylic acids is 1. The van der Waals surface area contributed by atoms with Gasteiger partial charge in [-0.25, -0.2) is 0 Å². The fourth-order valence-corrected chi connectivity index (χ4v) is 3.52. The zero-order chi connectivity index (χ0) is 14.5. The topological polar surface area (TPSA) is 57.6 Å². The van der Waals surface area contributed by atoms with Crippen molar-refractivity contribution >= 4 is 35.2 Å². The molecular formula is C14H16ClNO3S. The van der Waals surface area contributed by atoms with E-state index < -0.39 is 5.97 Å². The number of benzene rings is 1. The number of nitrogens with zero attached hydrogens (tertiary/aromatic N) is 1. The Labute approximate surface area is 127 Å². The van der Waals surface area contributed by atoms with Gasteiger partial charge in [0.1, 0.15) is 0 Å². The highest BCUT2D eigenvalue weighted by molar-refractivity contribution is 7.99. The molecule has 1 aromatic rings. The summed E-state index contributed by atoms with van der Waals surface area (Å²) in [5.74, 6) is 0.614. The van der Waals surface area contributed by atoms with Crippen LogP contribution in [0.5, 0.6) is 0 Å². The van der Waals surface area contributed by atoms with E-state index in [2.05, 4.69) is 0 Å². The van der Waals surface area contributed by atoms with Gasteiger partial charge in [0, 0.05) is 23.1 Å². The second-order valence-electron chi connectivity index (χ2n) is 4.68. The summed E-state index contributed by atoms with van der Waals surface area (Å²) in [4.78, 5) is 24.9. The maximum absolute atomic E-state index is 12.4. The molecule has 1 heterocycles. The first-order valence-electron chi connectivity index (χ1n) is 6.40. The van der Waals surface area contributed by atoms with Crippen LogP contribution in [0.15, 0.2) is 24.3 Å². The summed E-state index contributed by atoms with van der Waals surface area (Å²) in [5, 5.41) is 9.50. The summed E-state index contributed by atoms with van der Waals surface area (Å²) in [7, 11) is 0. The summed E-state index contributed by atoms with van der Waals surface area (Å²) < 4.78 is 0. The van der Waals surface area contributed by atoms with Crippen LogP contribution in [0.25, 0.3) is 0 Å². The Morgan fingerprint density at radius 2 is 2.15 bits per heavy atom. The fraction of sp³-hybridized carbons (Fsp3) is 0.429. The van der Waals surface area contributed by atoms with Crippen LogP contribution >= 0.6 is 23.4 Å². The normalized spacial score (nSPS) is 18.9. The molecule has 0 radical (unpaired) electrons. The molecule has 2 rings (SSSR count). The molecular weight excluding hydrogens is 298 g/mol. The maximum Gasteiger partial charge on any atom is 0.305 e. The molecule has 1 unspecified atom stereocenters. The molecule has 1 saturated heterocycles. The second kappa shape index (κ2) is 6.99. The average Bonchev–Trinajstić information content (AvgIpc) is 2.41. The van der Waals surface area contributed by atoms with Gasteiger partial charge in [0.2, 0.25) is 5.91 Å². The number of carboxylic acid groups (broad SMARTS) is 1. The number of halogens is 1. The Morgan fingerprint density at radius 1 is 1.40 bits per heavy atom. The monoisotopic (exact) mass is 313 g/mol. The van der Waals surface area contributed by atoms with Gasteiger partial charge in [-0.05, 0) is 11.6 Å². The van der Waals surface area contributed by atoms with Gasteiger partial charge in [-0.3, -0.25) is 9.59 Å². The molecule has 1 amide bonds. The minimum absolute atomic E-state index is 0.00125. The third-order valence-corrected chi connectivity index (χ3v) is 4.72. The van der Waals surface area contributed by atoms with Crippen LogP contribution in [0.1, 0.15) is 12.0 Å². The molecule has 20 heavy (non-hydrogen) atoms. The Bertz CT molecular complexity index is 509. The van der Waals surface area contributed by atoms with E-state index in [1.165, 1.54) is 0 Å². The molecule has 1 aliphatic rings. The van der Waals surface area contributed by atoms with E-state index in [9.17, 15) is 9.59 Å². The molecule has 0 aliphatic carbocycles. The van der Waals surface area contributed by atoms with Gasteiger partial charge in [0.25, 0.3) is 0 Å². The highest BCUT2D eigenvalue weighted by Gasteiger charge is 2.28. The third kappa shape index (κ3) is 3.90. The predicted octanol–water partition coefficient (Wildman–Crippen LogP) is 2.30. The number of hydrogen-bond donors (Lipinski definition) is 1. The van der Waals surface area contributed by atoms with Crippen LogP contribution in [-0.4, -0.2) is 46.0 Å². The summed E-state index contributed by atoms with van der Waals surface area (Å²) in [6, 6.07) is 7.02. The zero-order valence-corrected chi connectivity index (χ0v) is 12.5. The first-order valence-corrected chi connectivity index (χ1v) is 7.93. The Morgan fingerprint density at radius 3 is 2.85 bits per heavy atom. The molecule has 0 bridgehead atoms. The average molecular weight is 314 g/mol. The van der Waals surface area contributed by atoms with Gasteiger partial charge in [-0.1, -0.05) is 29.8 Å². The van der Waals surface area contributed by atoms with Gasteiger partial charge in [-0.15, -0.1) is 0 Å². The smallest absolute Gasteiger partial charge is 0.305 e. The molecule has 1 aliphatic heterocycles. The van der Waals surface area contributed by atoms with Gasteiger partial charge in [0.05, 0.1) is 18.9 Å². The molecule has 1 atom stereocenters. The second-order valence-corrected chi connectivity index (χ2v) is 6.24. The van der Waals surface area contributed by atoms with Crippen molar-refractivity contribution in [2.75, 3.05) is 18.1 Å². The molecule has 108 valence electrons. The van der Waals surface area contributed by atoms with Crippen molar-refractivity contribution in [3.63, 3.8) is 0 Å². The van der Waals surface area contributed by atoms with E-state index in [0.717, 1.165) is 11.3 Å². The van der Waals surface area contributed by atoms with Gasteiger partial charge in [0.15, 0.2) is 0 Å². The predicted molar refractivity (Wildman–Crippen MR) is 80.2 cm³/mol. The quantitative estimate of drug-likeness (QED) is 0.926. The van der Waals surface area contributed by atoms with E-state index in [-0.39, 0.29) is 24.8 Å². The number of hydrogen-bond acceptors (Lipinski definition) is 3. The first-order chi connectivity index (χ1) is 9.58. The van der Waals surface area contributed by atoms with E-state index in [4.69, 9.17) is 16.7 Å². The number of carboxylic acids is 1. The first kappa shape index (κ1) is 15.2. The van der Waals surface area contributed by atoms with Crippen LogP contribution < -0.4 is 0 Å². The van der Waals surface area contributed by atoms with E-state index >= 15 is 0 Å². The summed E-state index contributed by atoms with van der Waals surface area (Å²) in [5.41, 5.74) is 0.784. The number of carbonyl (C=O) groups is 2. The van der Waals surface area contributed by atoms with E-state index in [1.807, 2.05) is 18.2 Å². The maximum atomic E-state index is 12.4. The summed E-state index contributed by atoms with van der Waals surface area (Å²) in [6.07, 6.45) is 0.224. The number of rotatable bonds is 4. The molecule has 0 saturated carbocycles. The van der Waals surface area contributed by atoms with Gasteiger partial charge < -0.3 is 10.0 Å². The minimum Gasteiger partial charge on any atom is -0.481 e. The lowest BCUT2D eigenvalue weighted by Gasteiger charge is -2.34. The highest BCUT2D eigenvalue weighted by Crippen LogP contribution is 2.22. The van der Waals surface area contributed by atoms with Crippen LogP contribution in [0.2, 0.25) is 5.02 Å². The molecule has 1 fully saturated rings. The van der Waals surface area contributed by atoms with Crippen molar-refractivity contribution < 1.29 is 14.7 Å². The molecule has 6 heteroatoms. The molecule has 4 nitrogen and oxygen atoms in total. The van der Waals surface area contributed by atoms with Crippen molar-refractivity contribution in [3.8, 4) is 0 Å². The number of thioether (sulfide) groups is 1. The van der Waals surface area contributed by atoms with Crippen LogP contribution in [0.4, 0.5) is 0 Å². The summed E-state index contributed by atoms with van der Waals surface area (Å²) in [6.45, 7) is 0.603. The van der Waals surface area contributed by atoms with Crippen molar-refractivity contribution in [1.82, 2.24) is 4.90 Å². The molecule has 1 N–H and O–H groups in total. The lowest BCUT2D eigenvalue weighted by atomic mass is 10.1. The van der Waals surface area contributed by atoms with Crippen molar-refractivity contribution in [2.24, 2.45) is 0 Å². The molecule has 0 spiro atoms. The van der Waals surface area contributed by atoms with Gasteiger partial charge in [-0.2, -0.15) is 11.8 Å². The van der Waals surface area contributed by atoms with Crippen molar-refractivity contribution in [2.45, 2.75) is 18.9 Å². The van der Waals surface area contributed by atoms with Crippen molar-refractivity contribution in [3.05, 3.63) is 34.9 Å². The lowest BCUT2D eigenvalue weighted by Crippen LogP contribution is -2.47. The van der Waals surface area contributed by atoms with Crippen LogP contribution in [-0.2, 0) is 16.0 Å². The van der Waals surface area contributed by atoms with Crippen LogP contribution in [0, 0.1) is 0 Å². The fourth-order valence-electron chi connectivity index (χ4n) is 2.26. The highest BCUT2D eigenvalue weighted by atomic mass is 35.5. The lowest BCUT2D eigenvalue weighted by molar-refractivity contribution is -0.140. The van der Waals surface area contributed by atoms with Crippen molar-refractivity contribution in [1.29, 1.82) is 0 Å². The SMILES string of the molecule is O=C(O)CC1CSCCN1C(=O)Cc1ccccc1Cl. The standard InChI is InChI=1S/C14H16ClNO3S/c15-12-4-2-1-3-10(12)7-13(17)16-5-6-20-9-11(16)8-14(18)19/h1-4,11H,5-9H2,(H,18,19). The number of amides is 1. The largest absolute Gasteiger partial charge is 0.481 e. The molecule has 0 aromatic heterocycles. The Hall–Kier alpha value is -1.20. The Balaban J connectivity index is 2.06. The van der Waals surface area contributed by atoms with E-state index in [1.54, 1.807) is 22.7 Å².